The van der Waals surface area contributed by atoms with Crippen molar-refractivity contribution in [1.82, 2.24) is 4.98 Å². The van der Waals surface area contributed by atoms with Gasteiger partial charge in [-0.05, 0) is 82.2 Å². The Labute approximate surface area is 206 Å². The van der Waals surface area contributed by atoms with Crippen molar-refractivity contribution in [3.05, 3.63) is 47.8 Å². The molecule has 0 bridgehead atoms. The van der Waals surface area contributed by atoms with Gasteiger partial charge in [0, 0.05) is 18.8 Å². The zero-order valence-electron chi connectivity index (χ0n) is 20.6. The average Bonchev–Trinajstić information content (AvgIpc) is 3.61. The quantitative estimate of drug-likeness (QED) is 0.501. The molecule has 0 N–H and O–H groups in total. The summed E-state index contributed by atoms with van der Waals surface area (Å²) in [6.07, 6.45) is 5.39. The van der Waals surface area contributed by atoms with Crippen LogP contribution in [-0.4, -0.2) is 43.4 Å². The number of rotatable bonds is 8. The van der Waals surface area contributed by atoms with Crippen LogP contribution < -0.4 is 9.04 Å². The van der Waals surface area contributed by atoms with Gasteiger partial charge in [-0.1, -0.05) is 6.07 Å². The first-order chi connectivity index (χ1) is 16.4. The third kappa shape index (κ3) is 6.20. The summed E-state index contributed by atoms with van der Waals surface area (Å²) in [5.41, 5.74) is 1.29. The lowest BCUT2D eigenvalue weighted by Crippen LogP contribution is -2.43. The summed E-state index contributed by atoms with van der Waals surface area (Å²) in [4.78, 5) is 28.2. The first-order valence-electron chi connectivity index (χ1n) is 11.9. The van der Waals surface area contributed by atoms with Gasteiger partial charge in [0.2, 0.25) is 0 Å². The molecule has 1 fully saturated rings. The summed E-state index contributed by atoms with van der Waals surface area (Å²) in [7, 11) is -3.96. The van der Waals surface area contributed by atoms with Crippen molar-refractivity contribution in [2.75, 3.05) is 10.8 Å². The van der Waals surface area contributed by atoms with E-state index in [4.69, 9.17) is 9.47 Å². The first kappa shape index (κ1) is 25.2. The summed E-state index contributed by atoms with van der Waals surface area (Å²) in [6.45, 7) is 6.95. The fourth-order valence-corrected chi connectivity index (χ4v) is 5.60. The molecule has 1 saturated carbocycles. The summed E-state index contributed by atoms with van der Waals surface area (Å²) in [6, 6.07) is 6.77. The van der Waals surface area contributed by atoms with Crippen LogP contribution >= 0.6 is 0 Å². The molecule has 0 radical (unpaired) electrons. The maximum atomic E-state index is 13.8. The SMILES string of the molecule is CC(=O)CC[C@H]1CN(S(=O)(=O)c2cncc(C3CC3)c2)c2cc(CC(=O)OC(C)(C)C)ccc2O1. The fraction of sp³-hybridized carbons (Fsp3) is 0.500. The minimum atomic E-state index is -3.96. The van der Waals surface area contributed by atoms with Gasteiger partial charge in [-0.15, -0.1) is 0 Å². The molecule has 1 aromatic carbocycles. The molecule has 2 aromatic rings. The van der Waals surface area contributed by atoms with E-state index >= 15 is 0 Å². The van der Waals surface area contributed by atoms with Gasteiger partial charge in [-0.25, -0.2) is 8.42 Å². The van der Waals surface area contributed by atoms with Crippen molar-refractivity contribution in [3.8, 4) is 5.75 Å². The molecule has 2 aliphatic rings. The minimum Gasteiger partial charge on any atom is -0.486 e. The normalized spacial score (nSPS) is 17.9. The second-order valence-corrected chi connectivity index (χ2v) is 12.2. The van der Waals surface area contributed by atoms with E-state index in [-0.39, 0.29) is 23.6 Å². The highest BCUT2D eigenvalue weighted by molar-refractivity contribution is 7.92. The number of hydrogen-bond donors (Lipinski definition) is 0. The van der Waals surface area contributed by atoms with Gasteiger partial charge < -0.3 is 14.3 Å². The smallest absolute Gasteiger partial charge is 0.310 e. The van der Waals surface area contributed by atoms with Gasteiger partial charge in [0.25, 0.3) is 10.0 Å². The lowest BCUT2D eigenvalue weighted by atomic mass is 10.1. The molecule has 9 heteroatoms. The van der Waals surface area contributed by atoms with E-state index in [0.717, 1.165) is 18.4 Å². The van der Waals surface area contributed by atoms with Crippen molar-refractivity contribution < 1.29 is 27.5 Å². The fourth-order valence-electron chi connectivity index (χ4n) is 4.10. The molecule has 0 spiro atoms. The highest BCUT2D eigenvalue weighted by Crippen LogP contribution is 2.42. The maximum Gasteiger partial charge on any atom is 0.310 e. The number of hydrogen-bond acceptors (Lipinski definition) is 7. The summed E-state index contributed by atoms with van der Waals surface area (Å²) >= 11 is 0. The number of Topliss-reactive ketones (excluding diaryl/α,β-unsaturated/α-hetero) is 1. The molecule has 35 heavy (non-hydrogen) atoms. The van der Waals surface area contributed by atoms with Gasteiger partial charge in [0.15, 0.2) is 0 Å². The van der Waals surface area contributed by atoms with Crippen molar-refractivity contribution in [2.45, 2.75) is 82.3 Å². The monoisotopic (exact) mass is 500 g/mol. The third-order valence-electron chi connectivity index (χ3n) is 5.91. The lowest BCUT2D eigenvalue weighted by molar-refractivity contribution is -0.153. The van der Waals surface area contributed by atoms with Gasteiger partial charge in [-0.2, -0.15) is 0 Å². The lowest BCUT2D eigenvalue weighted by Gasteiger charge is -2.35. The highest BCUT2D eigenvalue weighted by atomic mass is 32.2. The van der Waals surface area contributed by atoms with Gasteiger partial charge in [0.05, 0.1) is 18.7 Å². The number of fused-ring (bicyclic) bond motifs is 1. The van der Waals surface area contributed by atoms with Crippen LogP contribution in [0.2, 0.25) is 0 Å². The van der Waals surface area contributed by atoms with Crippen LogP contribution in [0.3, 0.4) is 0 Å². The van der Waals surface area contributed by atoms with Crippen molar-refractivity contribution in [2.24, 2.45) is 0 Å². The number of carbonyl (C=O) groups is 2. The summed E-state index contributed by atoms with van der Waals surface area (Å²) in [5, 5.41) is 0. The molecule has 0 saturated heterocycles. The number of esters is 1. The van der Waals surface area contributed by atoms with Crippen molar-refractivity contribution in [3.63, 3.8) is 0 Å². The van der Waals surface area contributed by atoms with Crippen LogP contribution in [-0.2, 0) is 30.8 Å². The number of sulfonamides is 1. The molecule has 1 aliphatic carbocycles. The molecule has 188 valence electrons. The standard InChI is InChI=1S/C26H32N2O6S/c1-17(29)5-9-21-16-28(35(31,32)22-13-20(14-27-15-22)19-7-8-19)23-11-18(6-10-24(23)33-21)12-25(30)34-26(2,3)4/h6,10-11,13-15,19,21H,5,7-9,12,16H2,1-4H3/t21-/m0/s1. The molecule has 0 unspecified atom stereocenters. The molecule has 1 aliphatic heterocycles. The largest absolute Gasteiger partial charge is 0.486 e. The van der Waals surface area contributed by atoms with E-state index < -0.39 is 27.7 Å². The number of anilines is 1. The van der Waals surface area contributed by atoms with E-state index in [1.807, 2.05) is 0 Å². The van der Waals surface area contributed by atoms with Crippen molar-refractivity contribution >= 4 is 27.5 Å². The topological polar surface area (TPSA) is 103 Å². The van der Waals surface area contributed by atoms with Crippen LogP contribution in [0.5, 0.6) is 5.75 Å². The Hall–Kier alpha value is -2.94. The van der Waals surface area contributed by atoms with Gasteiger partial charge in [0.1, 0.15) is 28.1 Å². The summed E-state index contributed by atoms with van der Waals surface area (Å²) < 4.78 is 40.5. The van der Waals surface area contributed by atoms with E-state index in [9.17, 15) is 18.0 Å². The average molecular weight is 501 g/mol. The molecular formula is C26H32N2O6S. The molecule has 1 aromatic heterocycles. The van der Waals surface area contributed by atoms with E-state index in [2.05, 4.69) is 4.98 Å². The van der Waals surface area contributed by atoms with Crippen LogP contribution in [0, 0.1) is 0 Å². The number of pyridine rings is 1. The van der Waals surface area contributed by atoms with Crippen LogP contribution in [0.25, 0.3) is 0 Å². The molecule has 8 nitrogen and oxygen atoms in total. The Morgan fingerprint density at radius 3 is 2.57 bits per heavy atom. The second-order valence-electron chi connectivity index (χ2n) is 10.3. The number of nitrogens with zero attached hydrogens (tertiary/aromatic N) is 2. The molecule has 1 atom stereocenters. The number of benzene rings is 1. The Morgan fingerprint density at radius 1 is 1.17 bits per heavy atom. The van der Waals surface area contributed by atoms with Crippen molar-refractivity contribution in [1.29, 1.82) is 0 Å². The molecule has 0 amide bonds. The summed E-state index contributed by atoms with van der Waals surface area (Å²) in [5.74, 6) is 0.373. The molecule has 4 rings (SSSR count). The van der Waals surface area contributed by atoms with E-state index in [1.165, 1.54) is 17.4 Å². The zero-order chi connectivity index (χ0) is 25.4. The predicted molar refractivity (Wildman–Crippen MR) is 131 cm³/mol. The molecule has 2 heterocycles. The Bertz CT molecular complexity index is 1230. The third-order valence-corrected chi connectivity index (χ3v) is 7.66. The number of aromatic nitrogens is 1. The number of carbonyl (C=O) groups excluding carboxylic acids is 2. The Kier molecular flexibility index (Phi) is 6.90. The Morgan fingerprint density at radius 2 is 1.91 bits per heavy atom. The van der Waals surface area contributed by atoms with Gasteiger partial charge in [-0.3, -0.25) is 14.1 Å². The number of ether oxygens (including phenoxy) is 2. The predicted octanol–water partition coefficient (Wildman–Crippen LogP) is 4.17. The number of ketones is 1. The molecular weight excluding hydrogens is 468 g/mol. The second kappa shape index (κ2) is 9.60. The minimum absolute atomic E-state index is 0.00488. The van der Waals surface area contributed by atoms with Gasteiger partial charge >= 0.3 is 5.97 Å². The maximum absolute atomic E-state index is 13.8. The Balaban J connectivity index is 1.68. The van der Waals surface area contributed by atoms with Crippen LogP contribution in [0.4, 0.5) is 5.69 Å². The highest BCUT2D eigenvalue weighted by Gasteiger charge is 2.36. The van der Waals surface area contributed by atoms with Crippen LogP contribution in [0.15, 0.2) is 41.6 Å². The van der Waals surface area contributed by atoms with E-state index in [0.29, 0.717) is 35.8 Å². The zero-order valence-corrected chi connectivity index (χ0v) is 21.4. The van der Waals surface area contributed by atoms with Crippen LogP contribution in [0.1, 0.15) is 70.4 Å². The first-order valence-corrected chi connectivity index (χ1v) is 13.3. The van der Waals surface area contributed by atoms with E-state index in [1.54, 1.807) is 51.2 Å².